The average Bonchev–Trinajstić information content (AvgIpc) is 3.38. The number of aromatic nitrogens is 1. The maximum atomic E-state index is 13.1. The van der Waals surface area contributed by atoms with Crippen molar-refractivity contribution in [3.63, 3.8) is 0 Å². The van der Waals surface area contributed by atoms with Crippen molar-refractivity contribution in [3.8, 4) is 0 Å². The Kier molecular flexibility index (Phi) is 5.20. The summed E-state index contributed by atoms with van der Waals surface area (Å²) in [5.74, 6) is -0.162. The number of hydrogen-bond acceptors (Lipinski definition) is 6. The van der Waals surface area contributed by atoms with Gasteiger partial charge >= 0.3 is 6.03 Å². The Balaban J connectivity index is 1.42. The standard InChI is InChI=1S/C20H24N4O3S2/c1-12-16(29-13(2)21-12)17(25)23-7-4-15(5-8-23)20(3)18(26)24(19(27)22-20)10-14-6-9-28-11-14/h6,9,11,15H,4-5,7-8,10H2,1-3H3,(H,22,27)/t20-/m0/s1. The minimum absolute atomic E-state index is 0.000214. The molecular weight excluding hydrogens is 408 g/mol. The van der Waals surface area contributed by atoms with Gasteiger partial charge in [0, 0.05) is 13.1 Å². The largest absolute Gasteiger partial charge is 0.338 e. The second-order valence-corrected chi connectivity index (χ2v) is 9.85. The van der Waals surface area contributed by atoms with Crippen LogP contribution in [0.5, 0.6) is 0 Å². The average molecular weight is 433 g/mol. The van der Waals surface area contributed by atoms with Crippen LogP contribution in [-0.4, -0.2) is 51.3 Å². The summed E-state index contributed by atoms with van der Waals surface area (Å²) in [5.41, 5.74) is 0.812. The van der Waals surface area contributed by atoms with Crippen molar-refractivity contribution in [2.45, 2.75) is 45.7 Å². The molecule has 2 aromatic heterocycles. The van der Waals surface area contributed by atoms with Gasteiger partial charge in [-0.1, -0.05) is 0 Å². The van der Waals surface area contributed by atoms with Crippen molar-refractivity contribution < 1.29 is 14.4 Å². The molecule has 29 heavy (non-hydrogen) atoms. The summed E-state index contributed by atoms with van der Waals surface area (Å²) in [6.07, 6.45) is 1.36. The van der Waals surface area contributed by atoms with E-state index in [0.29, 0.717) is 37.4 Å². The van der Waals surface area contributed by atoms with E-state index in [4.69, 9.17) is 0 Å². The number of imide groups is 1. The summed E-state index contributed by atoms with van der Waals surface area (Å²) in [6.45, 7) is 7.02. The first-order valence-corrected chi connectivity index (χ1v) is 11.4. The summed E-state index contributed by atoms with van der Waals surface area (Å²) in [4.78, 5) is 46.6. The van der Waals surface area contributed by atoms with Crippen molar-refractivity contribution in [1.29, 1.82) is 0 Å². The van der Waals surface area contributed by atoms with Crippen molar-refractivity contribution >= 4 is 40.5 Å². The lowest BCUT2D eigenvalue weighted by Gasteiger charge is -2.38. The number of amides is 4. The van der Waals surface area contributed by atoms with E-state index in [0.717, 1.165) is 16.3 Å². The van der Waals surface area contributed by atoms with Crippen molar-refractivity contribution in [3.05, 3.63) is 38.0 Å². The Morgan fingerprint density at radius 1 is 1.31 bits per heavy atom. The number of hydrogen-bond donors (Lipinski definition) is 1. The highest BCUT2D eigenvalue weighted by Gasteiger charge is 2.52. The molecule has 2 fully saturated rings. The fourth-order valence-electron chi connectivity index (χ4n) is 4.23. The molecule has 2 aliphatic heterocycles. The zero-order valence-corrected chi connectivity index (χ0v) is 18.4. The first-order valence-electron chi connectivity index (χ1n) is 9.68. The van der Waals surface area contributed by atoms with Gasteiger partial charge in [0.25, 0.3) is 11.8 Å². The number of piperidine rings is 1. The van der Waals surface area contributed by atoms with E-state index < -0.39 is 5.54 Å². The Morgan fingerprint density at radius 3 is 2.62 bits per heavy atom. The molecule has 0 aromatic carbocycles. The number of likely N-dealkylation sites (tertiary alicyclic amines) is 1. The Morgan fingerprint density at radius 2 is 2.03 bits per heavy atom. The minimum Gasteiger partial charge on any atom is -0.338 e. The van der Waals surface area contributed by atoms with Crippen LogP contribution in [0.3, 0.4) is 0 Å². The number of urea groups is 1. The maximum absolute atomic E-state index is 13.1. The molecule has 0 spiro atoms. The molecule has 4 rings (SSSR count). The topological polar surface area (TPSA) is 82.6 Å². The molecule has 0 bridgehead atoms. The van der Waals surface area contributed by atoms with Gasteiger partial charge in [-0.2, -0.15) is 11.3 Å². The third-order valence-corrected chi connectivity index (χ3v) is 7.71. The molecule has 0 unspecified atom stereocenters. The van der Waals surface area contributed by atoms with Crippen LogP contribution >= 0.6 is 22.7 Å². The van der Waals surface area contributed by atoms with Gasteiger partial charge in [-0.05, 0) is 61.9 Å². The van der Waals surface area contributed by atoms with Gasteiger partial charge in [-0.3, -0.25) is 14.5 Å². The predicted octanol–water partition coefficient (Wildman–Crippen LogP) is 3.18. The molecule has 1 N–H and O–H groups in total. The van der Waals surface area contributed by atoms with Crippen LogP contribution in [-0.2, 0) is 11.3 Å². The fraction of sp³-hybridized carbons (Fsp3) is 0.500. The van der Waals surface area contributed by atoms with Crippen LogP contribution in [0.15, 0.2) is 16.8 Å². The lowest BCUT2D eigenvalue weighted by Crippen LogP contribution is -2.54. The number of aryl methyl sites for hydroxylation is 2. The normalized spacial score (nSPS) is 23.0. The third-order valence-electron chi connectivity index (χ3n) is 5.92. The number of rotatable bonds is 4. The van der Waals surface area contributed by atoms with Gasteiger partial charge in [0.2, 0.25) is 0 Å². The van der Waals surface area contributed by atoms with E-state index in [1.807, 2.05) is 42.5 Å². The third kappa shape index (κ3) is 3.57. The summed E-state index contributed by atoms with van der Waals surface area (Å²) in [6, 6.07) is 1.59. The van der Waals surface area contributed by atoms with Crippen molar-refractivity contribution in [2.24, 2.45) is 5.92 Å². The van der Waals surface area contributed by atoms with E-state index in [2.05, 4.69) is 10.3 Å². The molecule has 2 aromatic rings. The fourth-order valence-corrected chi connectivity index (χ4v) is 5.78. The monoisotopic (exact) mass is 432 g/mol. The van der Waals surface area contributed by atoms with Gasteiger partial charge in [-0.15, -0.1) is 11.3 Å². The summed E-state index contributed by atoms with van der Waals surface area (Å²) >= 11 is 2.97. The van der Waals surface area contributed by atoms with Gasteiger partial charge in [0.15, 0.2) is 0 Å². The lowest BCUT2D eigenvalue weighted by atomic mass is 9.79. The first-order chi connectivity index (χ1) is 13.8. The van der Waals surface area contributed by atoms with Gasteiger partial charge < -0.3 is 10.2 Å². The quantitative estimate of drug-likeness (QED) is 0.753. The molecule has 2 saturated heterocycles. The smallest absolute Gasteiger partial charge is 0.325 e. The maximum Gasteiger partial charge on any atom is 0.325 e. The summed E-state index contributed by atoms with van der Waals surface area (Å²) in [5, 5.41) is 7.70. The molecule has 2 aliphatic rings. The second-order valence-electron chi connectivity index (χ2n) is 7.87. The number of thiazole rings is 1. The zero-order chi connectivity index (χ0) is 20.8. The molecule has 0 aliphatic carbocycles. The number of thiophene rings is 1. The highest BCUT2D eigenvalue weighted by Crippen LogP contribution is 2.35. The van der Waals surface area contributed by atoms with Crippen LogP contribution in [0.4, 0.5) is 4.79 Å². The molecule has 4 heterocycles. The summed E-state index contributed by atoms with van der Waals surface area (Å²) in [7, 11) is 0. The van der Waals surface area contributed by atoms with E-state index in [1.165, 1.54) is 16.2 Å². The van der Waals surface area contributed by atoms with Crippen LogP contribution in [0, 0.1) is 19.8 Å². The molecule has 154 valence electrons. The number of nitrogens with zero attached hydrogens (tertiary/aromatic N) is 3. The zero-order valence-electron chi connectivity index (χ0n) is 16.7. The molecule has 4 amide bonds. The molecule has 0 saturated carbocycles. The molecule has 7 nitrogen and oxygen atoms in total. The van der Waals surface area contributed by atoms with E-state index in [9.17, 15) is 14.4 Å². The SMILES string of the molecule is Cc1nc(C)c(C(=O)N2CCC([C@]3(C)NC(=O)N(Cc4ccsc4)C3=O)CC2)s1. The van der Waals surface area contributed by atoms with Gasteiger partial charge in [0.05, 0.1) is 17.2 Å². The van der Waals surface area contributed by atoms with Crippen LogP contribution < -0.4 is 5.32 Å². The molecule has 9 heteroatoms. The van der Waals surface area contributed by atoms with Gasteiger partial charge in [0.1, 0.15) is 10.4 Å². The van der Waals surface area contributed by atoms with Crippen molar-refractivity contribution in [1.82, 2.24) is 20.1 Å². The highest BCUT2D eigenvalue weighted by molar-refractivity contribution is 7.13. The molecular formula is C20H24N4O3S2. The van der Waals surface area contributed by atoms with E-state index >= 15 is 0 Å². The first kappa shape index (κ1) is 20.0. The highest BCUT2D eigenvalue weighted by atomic mass is 32.1. The molecule has 0 radical (unpaired) electrons. The minimum atomic E-state index is -0.917. The van der Waals surface area contributed by atoms with Gasteiger partial charge in [-0.25, -0.2) is 9.78 Å². The Hall–Kier alpha value is -2.26. The number of carbonyl (C=O) groups is 3. The number of carbonyl (C=O) groups excluding carboxylic acids is 3. The number of nitrogens with one attached hydrogen (secondary N) is 1. The van der Waals surface area contributed by atoms with Crippen LogP contribution in [0.2, 0.25) is 0 Å². The van der Waals surface area contributed by atoms with Crippen molar-refractivity contribution in [2.75, 3.05) is 13.1 Å². The van der Waals surface area contributed by atoms with Crippen LogP contribution in [0.25, 0.3) is 0 Å². The Bertz CT molecular complexity index is 947. The predicted molar refractivity (Wildman–Crippen MR) is 112 cm³/mol. The van der Waals surface area contributed by atoms with E-state index in [-0.39, 0.29) is 23.8 Å². The van der Waals surface area contributed by atoms with E-state index in [1.54, 1.807) is 11.3 Å². The summed E-state index contributed by atoms with van der Waals surface area (Å²) < 4.78 is 0. The lowest BCUT2D eigenvalue weighted by molar-refractivity contribution is -0.133. The second kappa shape index (κ2) is 7.53. The molecule has 1 atom stereocenters. The Labute approximate surface area is 177 Å². The van der Waals surface area contributed by atoms with Crippen LogP contribution in [0.1, 0.15) is 45.7 Å².